The molecule has 0 saturated carbocycles. The molecule has 0 unspecified atom stereocenters. The molecule has 7 nitrogen and oxygen atoms in total. The van der Waals surface area contributed by atoms with E-state index in [-0.39, 0.29) is 12.6 Å². The number of amides is 1. The largest absolute Gasteiger partial charge is 0.493 e. The van der Waals surface area contributed by atoms with E-state index in [1.165, 1.54) is 13.2 Å². The van der Waals surface area contributed by atoms with Crippen LogP contribution in [0.25, 0.3) is 0 Å². The molecule has 0 aliphatic carbocycles. The first kappa shape index (κ1) is 22.8. The Labute approximate surface area is 176 Å². The van der Waals surface area contributed by atoms with Crippen LogP contribution in [0.15, 0.2) is 42.5 Å². The normalized spacial score (nSPS) is 12.2. The Morgan fingerprint density at radius 1 is 1.14 bits per heavy atom. The molecule has 2 aromatic carbocycles. The number of carbonyl (C=O) groups is 1. The van der Waals surface area contributed by atoms with E-state index < -0.39 is 15.9 Å². The molecular formula is C20H25ClN2O5S. The molecule has 29 heavy (non-hydrogen) atoms. The van der Waals surface area contributed by atoms with Gasteiger partial charge >= 0.3 is 0 Å². The predicted molar refractivity (Wildman–Crippen MR) is 114 cm³/mol. The average molecular weight is 441 g/mol. The number of nitrogens with zero attached hydrogens (tertiary/aromatic N) is 1. The average Bonchev–Trinajstić information content (AvgIpc) is 2.68. The zero-order valence-electron chi connectivity index (χ0n) is 16.8. The summed E-state index contributed by atoms with van der Waals surface area (Å²) < 4.78 is 36.0. The molecule has 0 aromatic heterocycles. The topological polar surface area (TPSA) is 84.9 Å². The molecule has 0 saturated heterocycles. The highest BCUT2D eigenvalue weighted by Crippen LogP contribution is 2.31. The van der Waals surface area contributed by atoms with E-state index in [1.54, 1.807) is 37.4 Å². The second kappa shape index (κ2) is 9.84. The minimum absolute atomic E-state index is 0.317. The fourth-order valence-corrected chi connectivity index (χ4v) is 3.93. The Morgan fingerprint density at radius 3 is 2.38 bits per heavy atom. The van der Waals surface area contributed by atoms with Crippen molar-refractivity contribution in [2.75, 3.05) is 31.3 Å². The molecular weight excluding hydrogens is 416 g/mol. The van der Waals surface area contributed by atoms with Crippen LogP contribution in [0.4, 0.5) is 5.69 Å². The summed E-state index contributed by atoms with van der Waals surface area (Å²) in [7, 11) is -0.594. The van der Waals surface area contributed by atoms with Gasteiger partial charge < -0.3 is 14.8 Å². The first-order valence-electron chi connectivity index (χ1n) is 8.94. The van der Waals surface area contributed by atoms with Gasteiger partial charge in [0, 0.05) is 5.02 Å². The summed E-state index contributed by atoms with van der Waals surface area (Å²) in [5.74, 6) is 0.702. The highest BCUT2D eigenvalue weighted by atomic mass is 35.5. The maximum absolute atomic E-state index is 12.7. The minimum Gasteiger partial charge on any atom is -0.493 e. The molecule has 1 amide bonds. The Morgan fingerprint density at radius 2 is 1.83 bits per heavy atom. The van der Waals surface area contributed by atoms with Crippen molar-refractivity contribution in [3.8, 4) is 11.5 Å². The van der Waals surface area contributed by atoms with Crippen LogP contribution in [0.1, 0.15) is 24.9 Å². The summed E-state index contributed by atoms with van der Waals surface area (Å²) in [6.07, 6.45) is 1.66. The van der Waals surface area contributed by atoms with Crippen molar-refractivity contribution >= 4 is 33.2 Å². The summed E-state index contributed by atoms with van der Waals surface area (Å²) >= 11 is 5.97. The number of hydrogen-bond acceptors (Lipinski definition) is 5. The molecule has 0 aliphatic heterocycles. The lowest BCUT2D eigenvalue weighted by Crippen LogP contribution is -2.41. The Hall–Kier alpha value is -2.45. The van der Waals surface area contributed by atoms with Gasteiger partial charge in [-0.15, -0.1) is 0 Å². The maximum atomic E-state index is 12.7. The van der Waals surface area contributed by atoms with Crippen LogP contribution in [0.3, 0.4) is 0 Å². The summed E-state index contributed by atoms with van der Waals surface area (Å²) in [6, 6.07) is 11.4. The minimum atomic E-state index is -3.68. The maximum Gasteiger partial charge on any atom is 0.241 e. The van der Waals surface area contributed by atoms with Crippen LogP contribution in [-0.2, 0) is 14.8 Å². The quantitative estimate of drug-likeness (QED) is 0.646. The van der Waals surface area contributed by atoms with Crippen molar-refractivity contribution in [1.29, 1.82) is 0 Å². The zero-order valence-corrected chi connectivity index (χ0v) is 18.4. The highest BCUT2D eigenvalue weighted by molar-refractivity contribution is 7.92. The van der Waals surface area contributed by atoms with Crippen molar-refractivity contribution in [3.05, 3.63) is 53.1 Å². The number of anilines is 1. The van der Waals surface area contributed by atoms with E-state index in [4.69, 9.17) is 21.1 Å². The van der Waals surface area contributed by atoms with Gasteiger partial charge in [-0.3, -0.25) is 9.10 Å². The smallest absolute Gasteiger partial charge is 0.241 e. The molecule has 0 bridgehead atoms. The number of sulfonamides is 1. The fourth-order valence-electron chi connectivity index (χ4n) is 2.89. The van der Waals surface area contributed by atoms with Crippen LogP contribution in [0, 0.1) is 0 Å². The number of ether oxygens (including phenoxy) is 2. The fraction of sp³-hybridized carbons (Fsp3) is 0.350. The Bertz CT molecular complexity index is 965. The van der Waals surface area contributed by atoms with Crippen molar-refractivity contribution in [3.63, 3.8) is 0 Å². The third-order valence-electron chi connectivity index (χ3n) is 4.34. The van der Waals surface area contributed by atoms with Gasteiger partial charge in [-0.25, -0.2) is 8.42 Å². The van der Waals surface area contributed by atoms with Crippen molar-refractivity contribution in [2.45, 2.75) is 19.4 Å². The van der Waals surface area contributed by atoms with E-state index in [0.29, 0.717) is 28.6 Å². The van der Waals surface area contributed by atoms with Crippen LogP contribution in [-0.4, -0.2) is 41.3 Å². The Balaban J connectivity index is 2.22. The molecule has 0 heterocycles. The predicted octanol–water partition coefficient (Wildman–Crippen LogP) is 3.39. The number of halogens is 1. The number of benzene rings is 2. The van der Waals surface area contributed by atoms with Crippen LogP contribution in [0.5, 0.6) is 11.5 Å². The first-order chi connectivity index (χ1) is 13.7. The number of nitrogens with one attached hydrogen (secondary N) is 1. The van der Waals surface area contributed by atoms with Gasteiger partial charge in [0.25, 0.3) is 0 Å². The number of carbonyl (C=O) groups excluding carboxylic acids is 1. The summed E-state index contributed by atoms with van der Waals surface area (Å²) in [4.78, 5) is 12.7. The van der Waals surface area contributed by atoms with E-state index in [9.17, 15) is 13.2 Å². The van der Waals surface area contributed by atoms with Crippen molar-refractivity contribution in [1.82, 2.24) is 5.32 Å². The molecule has 1 atom stereocenters. The molecule has 0 spiro atoms. The standard InChI is InChI=1S/C20H25ClN2O5S/c1-5-17(14-9-10-18(27-2)19(11-14)28-3)22-20(24)13-23(29(4,25)26)16-8-6-7-15(21)12-16/h6-12,17H,5,13H2,1-4H3,(H,22,24)/t17-/m0/s1. The van der Waals surface area contributed by atoms with Gasteiger partial charge in [-0.1, -0.05) is 30.7 Å². The van der Waals surface area contributed by atoms with Crippen molar-refractivity contribution in [2.24, 2.45) is 0 Å². The molecule has 0 fully saturated rings. The molecule has 158 valence electrons. The molecule has 2 aromatic rings. The van der Waals surface area contributed by atoms with E-state index in [2.05, 4.69) is 5.32 Å². The van der Waals surface area contributed by atoms with Gasteiger partial charge in [0.2, 0.25) is 15.9 Å². The second-order valence-corrected chi connectivity index (χ2v) is 8.74. The number of methoxy groups -OCH3 is 2. The molecule has 9 heteroatoms. The lowest BCUT2D eigenvalue weighted by atomic mass is 10.0. The highest BCUT2D eigenvalue weighted by Gasteiger charge is 2.23. The SMILES string of the molecule is CC[C@H](NC(=O)CN(c1cccc(Cl)c1)S(C)(=O)=O)c1ccc(OC)c(OC)c1. The third kappa shape index (κ3) is 6.01. The van der Waals surface area contributed by atoms with Crippen LogP contribution in [0.2, 0.25) is 5.02 Å². The number of hydrogen-bond donors (Lipinski definition) is 1. The van der Waals surface area contributed by atoms with Gasteiger partial charge in [0.15, 0.2) is 11.5 Å². The first-order valence-corrected chi connectivity index (χ1v) is 11.2. The lowest BCUT2D eigenvalue weighted by molar-refractivity contribution is -0.120. The Kier molecular flexibility index (Phi) is 7.75. The van der Waals surface area contributed by atoms with Crippen molar-refractivity contribution < 1.29 is 22.7 Å². The monoisotopic (exact) mass is 440 g/mol. The zero-order chi connectivity index (χ0) is 21.6. The van der Waals surface area contributed by atoms with Gasteiger partial charge in [0.05, 0.1) is 32.2 Å². The lowest BCUT2D eigenvalue weighted by Gasteiger charge is -2.24. The van der Waals surface area contributed by atoms with E-state index in [0.717, 1.165) is 16.1 Å². The second-order valence-electron chi connectivity index (χ2n) is 6.39. The third-order valence-corrected chi connectivity index (χ3v) is 5.71. The van der Waals surface area contributed by atoms with E-state index in [1.807, 2.05) is 13.0 Å². The summed E-state index contributed by atoms with van der Waals surface area (Å²) in [5.41, 5.74) is 1.15. The van der Waals surface area contributed by atoms with E-state index >= 15 is 0 Å². The molecule has 1 N–H and O–H groups in total. The van der Waals surface area contributed by atoms with Crippen LogP contribution >= 0.6 is 11.6 Å². The van der Waals surface area contributed by atoms with Gasteiger partial charge in [0.1, 0.15) is 6.54 Å². The summed E-state index contributed by atoms with van der Waals surface area (Å²) in [5, 5.41) is 3.27. The van der Waals surface area contributed by atoms with Crippen LogP contribution < -0.4 is 19.1 Å². The molecule has 0 radical (unpaired) electrons. The van der Waals surface area contributed by atoms with Gasteiger partial charge in [-0.2, -0.15) is 0 Å². The van der Waals surface area contributed by atoms with Gasteiger partial charge in [-0.05, 0) is 42.3 Å². The number of rotatable bonds is 9. The molecule has 0 aliphatic rings. The molecule has 2 rings (SSSR count). The summed E-state index contributed by atoms with van der Waals surface area (Å²) in [6.45, 7) is 1.57.